The van der Waals surface area contributed by atoms with Crippen LogP contribution in [-0.4, -0.2) is 37.0 Å². The largest absolute Gasteiger partial charge is 0.337 e. The number of hydrogen-bond donors (Lipinski definition) is 1. The van der Waals surface area contributed by atoms with Crippen LogP contribution < -0.4 is 5.32 Å². The van der Waals surface area contributed by atoms with E-state index in [1.165, 1.54) is 5.57 Å². The highest BCUT2D eigenvalue weighted by Crippen LogP contribution is 2.08. The third-order valence-corrected chi connectivity index (χ3v) is 2.25. The van der Waals surface area contributed by atoms with E-state index >= 15 is 0 Å². The highest BCUT2D eigenvalue weighted by atomic mass is 16.2. The molecule has 0 aromatic carbocycles. The zero-order valence-electron chi connectivity index (χ0n) is 8.75. The summed E-state index contributed by atoms with van der Waals surface area (Å²) in [6, 6.07) is 0. The molecular formula is C11H18N2O. The lowest BCUT2D eigenvalue weighted by Crippen LogP contribution is -2.40. The highest BCUT2D eigenvalue weighted by molar-refractivity contribution is 5.78. The summed E-state index contributed by atoms with van der Waals surface area (Å²) in [6.45, 7) is 8.40. The number of carbonyl (C=O) groups excluding carboxylic acids is 1. The summed E-state index contributed by atoms with van der Waals surface area (Å²) in [5.41, 5.74) is 1.29. The molecule has 0 saturated carbocycles. The van der Waals surface area contributed by atoms with Crippen molar-refractivity contribution in [3.05, 3.63) is 24.3 Å². The van der Waals surface area contributed by atoms with Gasteiger partial charge in [-0.05, 0) is 13.3 Å². The zero-order chi connectivity index (χ0) is 10.4. The Bertz CT molecular complexity index is 246. The van der Waals surface area contributed by atoms with Gasteiger partial charge in [0.25, 0.3) is 0 Å². The van der Waals surface area contributed by atoms with Crippen molar-refractivity contribution in [2.24, 2.45) is 0 Å². The van der Waals surface area contributed by atoms with Crippen LogP contribution in [0.25, 0.3) is 0 Å². The van der Waals surface area contributed by atoms with Gasteiger partial charge < -0.3 is 10.2 Å². The predicted octanol–water partition coefficient (Wildman–Crippen LogP) is 0.941. The molecule has 0 aliphatic carbocycles. The molecule has 78 valence electrons. The standard InChI is InChI=1S/C11H18N2O/c1-3-6-12-8-11(14)13-7-4-5-10(2)9-13/h3,5,12H,1,4,6-9H2,2H3. The fourth-order valence-electron chi connectivity index (χ4n) is 1.52. The average Bonchev–Trinajstić information content (AvgIpc) is 2.18. The van der Waals surface area contributed by atoms with Crippen molar-refractivity contribution < 1.29 is 4.79 Å². The minimum Gasteiger partial charge on any atom is -0.337 e. The second kappa shape index (κ2) is 5.60. The van der Waals surface area contributed by atoms with Crippen LogP contribution in [-0.2, 0) is 4.79 Å². The van der Waals surface area contributed by atoms with E-state index in [0.717, 1.165) is 19.5 Å². The smallest absolute Gasteiger partial charge is 0.236 e. The summed E-state index contributed by atoms with van der Waals surface area (Å²) in [7, 11) is 0. The van der Waals surface area contributed by atoms with Gasteiger partial charge in [-0.2, -0.15) is 0 Å². The van der Waals surface area contributed by atoms with Crippen LogP contribution in [0.3, 0.4) is 0 Å². The fraction of sp³-hybridized carbons (Fsp3) is 0.545. The van der Waals surface area contributed by atoms with E-state index in [4.69, 9.17) is 0 Å². The van der Waals surface area contributed by atoms with Gasteiger partial charge in [-0.3, -0.25) is 4.79 Å². The van der Waals surface area contributed by atoms with Crippen LogP contribution in [0.1, 0.15) is 13.3 Å². The van der Waals surface area contributed by atoms with Gasteiger partial charge in [0, 0.05) is 19.6 Å². The molecule has 0 unspecified atom stereocenters. The van der Waals surface area contributed by atoms with Crippen molar-refractivity contribution >= 4 is 5.91 Å². The normalized spacial score (nSPS) is 16.4. The van der Waals surface area contributed by atoms with Crippen molar-refractivity contribution in [1.82, 2.24) is 10.2 Å². The number of amides is 1. The monoisotopic (exact) mass is 194 g/mol. The Morgan fingerprint density at radius 3 is 3.21 bits per heavy atom. The number of hydrogen-bond acceptors (Lipinski definition) is 2. The molecule has 0 saturated heterocycles. The Hall–Kier alpha value is -1.09. The van der Waals surface area contributed by atoms with Crippen LogP contribution in [0.4, 0.5) is 0 Å². The van der Waals surface area contributed by atoms with Crippen LogP contribution in [0.2, 0.25) is 0 Å². The van der Waals surface area contributed by atoms with Crippen LogP contribution in [0, 0.1) is 0 Å². The van der Waals surface area contributed by atoms with E-state index in [1.54, 1.807) is 6.08 Å². The third-order valence-electron chi connectivity index (χ3n) is 2.25. The molecule has 1 heterocycles. The molecule has 0 fully saturated rings. The first-order valence-corrected chi connectivity index (χ1v) is 4.99. The van der Waals surface area contributed by atoms with Gasteiger partial charge in [-0.25, -0.2) is 0 Å². The molecule has 0 bridgehead atoms. The van der Waals surface area contributed by atoms with E-state index in [1.807, 2.05) is 4.90 Å². The molecule has 1 amide bonds. The Labute approximate surface area is 85.5 Å². The van der Waals surface area contributed by atoms with Gasteiger partial charge in [0.1, 0.15) is 0 Å². The molecule has 3 heteroatoms. The van der Waals surface area contributed by atoms with E-state index in [-0.39, 0.29) is 5.91 Å². The zero-order valence-corrected chi connectivity index (χ0v) is 8.75. The predicted molar refractivity (Wildman–Crippen MR) is 58.0 cm³/mol. The lowest BCUT2D eigenvalue weighted by molar-refractivity contribution is -0.129. The molecule has 14 heavy (non-hydrogen) atoms. The second-order valence-electron chi connectivity index (χ2n) is 3.57. The number of nitrogens with zero attached hydrogens (tertiary/aromatic N) is 1. The number of rotatable bonds is 4. The minimum absolute atomic E-state index is 0.180. The second-order valence-corrected chi connectivity index (χ2v) is 3.57. The molecule has 0 aromatic rings. The maximum absolute atomic E-state index is 11.6. The molecule has 0 aromatic heterocycles. The fourth-order valence-corrected chi connectivity index (χ4v) is 1.52. The van der Waals surface area contributed by atoms with Gasteiger partial charge in [-0.1, -0.05) is 17.7 Å². The van der Waals surface area contributed by atoms with E-state index in [9.17, 15) is 4.79 Å². The average molecular weight is 194 g/mol. The molecule has 0 radical (unpaired) electrons. The topological polar surface area (TPSA) is 32.3 Å². The Morgan fingerprint density at radius 2 is 2.57 bits per heavy atom. The summed E-state index contributed by atoms with van der Waals surface area (Å²) in [4.78, 5) is 13.5. The Morgan fingerprint density at radius 1 is 1.79 bits per heavy atom. The van der Waals surface area contributed by atoms with Crippen molar-refractivity contribution in [2.45, 2.75) is 13.3 Å². The maximum Gasteiger partial charge on any atom is 0.236 e. The minimum atomic E-state index is 0.180. The van der Waals surface area contributed by atoms with Crippen LogP contribution >= 0.6 is 0 Å². The summed E-state index contributed by atoms with van der Waals surface area (Å²) in [5.74, 6) is 0.180. The highest BCUT2D eigenvalue weighted by Gasteiger charge is 2.15. The van der Waals surface area contributed by atoms with Crippen LogP contribution in [0.15, 0.2) is 24.3 Å². The third kappa shape index (κ3) is 3.34. The van der Waals surface area contributed by atoms with Gasteiger partial charge in [0.2, 0.25) is 5.91 Å². The molecule has 1 aliphatic rings. The maximum atomic E-state index is 11.6. The van der Waals surface area contributed by atoms with Crippen molar-refractivity contribution in [1.29, 1.82) is 0 Å². The van der Waals surface area contributed by atoms with Gasteiger partial charge in [0.05, 0.1) is 6.54 Å². The van der Waals surface area contributed by atoms with E-state index < -0.39 is 0 Å². The van der Waals surface area contributed by atoms with Gasteiger partial charge in [-0.15, -0.1) is 6.58 Å². The number of carbonyl (C=O) groups is 1. The van der Waals surface area contributed by atoms with E-state index in [2.05, 4.69) is 24.9 Å². The first-order valence-electron chi connectivity index (χ1n) is 4.99. The van der Waals surface area contributed by atoms with Gasteiger partial charge >= 0.3 is 0 Å². The lowest BCUT2D eigenvalue weighted by Gasteiger charge is -2.26. The van der Waals surface area contributed by atoms with Crippen molar-refractivity contribution in [3.8, 4) is 0 Å². The summed E-state index contributed by atoms with van der Waals surface area (Å²) < 4.78 is 0. The Kier molecular flexibility index (Phi) is 4.40. The molecule has 0 atom stereocenters. The lowest BCUT2D eigenvalue weighted by atomic mass is 10.1. The summed E-state index contributed by atoms with van der Waals surface area (Å²) in [6.07, 6.45) is 4.94. The molecule has 1 aliphatic heterocycles. The summed E-state index contributed by atoms with van der Waals surface area (Å²) in [5, 5.41) is 3.02. The quantitative estimate of drug-likeness (QED) is 0.533. The van der Waals surface area contributed by atoms with Gasteiger partial charge in [0.15, 0.2) is 0 Å². The molecule has 3 nitrogen and oxygen atoms in total. The molecule has 1 N–H and O–H groups in total. The van der Waals surface area contributed by atoms with Crippen molar-refractivity contribution in [2.75, 3.05) is 26.2 Å². The van der Waals surface area contributed by atoms with E-state index in [0.29, 0.717) is 13.1 Å². The first-order chi connectivity index (χ1) is 6.74. The SMILES string of the molecule is C=CCNCC(=O)N1CCC=C(C)C1. The first kappa shape index (κ1) is 11.0. The molecule has 0 spiro atoms. The van der Waals surface area contributed by atoms with Crippen molar-refractivity contribution in [3.63, 3.8) is 0 Å². The van der Waals surface area contributed by atoms with Crippen LogP contribution in [0.5, 0.6) is 0 Å². The Balaban J connectivity index is 2.30. The number of nitrogens with one attached hydrogen (secondary N) is 1. The molecule has 1 rings (SSSR count). The molecular weight excluding hydrogens is 176 g/mol. The summed E-state index contributed by atoms with van der Waals surface area (Å²) >= 11 is 0.